The van der Waals surface area contributed by atoms with Crippen molar-refractivity contribution in [1.82, 2.24) is 9.96 Å². The van der Waals surface area contributed by atoms with Gasteiger partial charge in [0, 0.05) is 32.7 Å². The van der Waals surface area contributed by atoms with E-state index in [0.717, 1.165) is 45.6 Å². The lowest BCUT2D eigenvalue weighted by atomic mass is 10.2. The van der Waals surface area contributed by atoms with Crippen molar-refractivity contribution in [2.24, 2.45) is 5.92 Å². The number of hydrogen-bond donors (Lipinski definition) is 0. The smallest absolute Gasteiger partial charge is 0.328 e. The van der Waals surface area contributed by atoms with Gasteiger partial charge in [-0.05, 0) is 18.4 Å². The third-order valence-electron chi connectivity index (χ3n) is 3.71. The Balaban J connectivity index is 1.43. The molecule has 0 amide bonds. The third kappa shape index (κ3) is 3.55. The molecule has 0 radical (unpaired) electrons. The minimum atomic E-state index is -0.0310. The zero-order chi connectivity index (χ0) is 13.1. The van der Waals surface area contributed by atoms with Gasteiger partial charge in [0.25, 0.3) is 0 Å². The first-order valence-corrected chi connectivity index (χ1v) is 7.04. The predicted molar refractivity (Wildman–Crippen MR) is 72.1 cm³/mol. The summed E-state index contributed by atoms with van der Waals surface area (Å²) >= 11 is 0. The second-order valence-electron chi connectivity index (χ2n) is 5.38. The summed E-state index contributed by atoms with van der Waals surface area (Å²) in [6.45, 7) is 4.50. The average molecular weight is 260 g/mol. The number of carbonyl (C=O) groups is 1. The molecule has 0 atom stereocenters. The summed E-state index contributed by atoms with van der Waals surface area (Å²) in [7, 11) is 0. The first kappa shape index (κ1) is 12.6. The fraction of sp³-hybridized carbons (Fsp3) is 0.533. The molecule has 19 heavy (non-hydrogen) atoms. The van der Waals surface area contributed by atoms with Crippen LogP contribution in [0.2, 0.25) is 0 Å². The highest BCUT2D eigenvalue weighted by Gasteiger charge is 2.33. The van der Waals surface area contributed by atoms with E-state index in [4.69, 9.17) is 4.84 Å². The van der Waals surface area contributed by atoms with Gasteiger partial charge in [0.15, 0.2) is 0 Å². The topological polar surface area (TPSA) is 32.8 Å². The van der Waals surface area contributed by atoms with Crippen molar-refractivity contribution in [3.8, 4) is 0 Å². The third-order valence-corrected chi connectivity index (χ3v) is 3.71. The Morgan fingerprint density at radius 1 is 1.11 bits per heavy atom. The van der Waals surface area contributed by atoms with Crippen LogP contribution in [0.5, 0.6) is 0 Å². The molecule has 1 saturated heterocycles. The van der Waals surface area contributed by atoms with Gasteiger partial charge in [-0.1, -0.05) is 30.3 Å². The Morgan fingerprint density at radius 2 is 1.79 bits per heavy atom. The molecule has 3 rings (SSSR count). The van der Waals surface area contributed by atoms with Crippen LogP contribution in [0.3, 0.4) is 0 Å². The molecule has 1 saturated carbocycles. The predicted octanol–water partition coefficient (Wildman–Crippen LogP) is 1.67. The molecule has 4 nitrogen and oxygen atoms in total. The van der Waals surface area contributed by atoms with Gasteiger partial charge in [-0.25, -0.2) is 0 Å². The first-order chi connectivity index (χ1) is 9.31. The lowest BCUT2D eigenvalue weighted by Crippen LogP contribution is -2.46. The Kier molecular flexibility index (Phi) is 3.80. The van der Waals surface area contributed by atoms with Gasteiger partial charge in [0.2, 0.25) is 0 Å². The standard InChI is InChI=1S/C15H20N2O2/c18-15(14-6-7-14)19-17-10-8-16(9-11-17)12-13-4-2-1-3-5-13/h1-5,14H,6-12H2. The average Bonchev–Trinajstić information content (AvgIpc) is 3.27. The molecular weight excluding hydrogens is 240 g/mol. The molecule has 1 aliphatic carbocycles. The zero-order valence-corrected chi connectivity index (χ0v) is 11.1. The maximum absolute atomic E-state index is 11.6. The van der Waals surface area contributed by atoms with E-state index < -0.39 is 0 Å². The van der Waals surface area contributed by atoms with E-state index in [0.29, 0.717) is 0 Å². The number of benzene rings is 1. The zero-order valence-electron chi connectivity index (χ0n) is 11.1. The monoisotopic (exact) mass is 260 g/mol. The minimum absolute atomic E-state index is 0.0310. The summed E-state index contributed by atoms with van der Waals surface area (Å²) in [5.74, 6) is 0.152. The molecule has 0 spiro atoms. The van der Waals surface area contributed by atoms with Crippen molar-refractivity contribution < 1.29 is 9.63 Å². The van der Waals surface area contributed by atoms with E-state index in [-0.39, 0.29) is 11.9 Å². The minimum Gasteiger partial charge on any atom is -0.368 e. The Morgan fingerprint density at radius 3 is 2.42 bits per heavy atom. The van der Waals surface area contributed by atoms with Crippen LogP contribution in [0.4, 0.5) is 0 Å². The first-order valence-electron chi connectivity index (χ1n) is 7.04. The Labute approximate surface area is 113 Å². The van der Waals surface area contributed by atoms with Crippen molar-refractivity contribution in [3.05, 3.63) is 35.9 Å². The van der Waals surface area contributed by atoms with E-state index in [2.05, 4.69) is 29.2 Å². The molecule has 0 N–H and O–H groups in total. The molecule has 2 aliphatic rings. The molecule has 1 aliphatic heterocycles. The van der Waals surface area contributed by atoms with Gasteiger partial charge in [0.05, 0.1) is 5.92 Å². The van der Waals surface area contributed by atoms with Gasteiger partial charge in [-0.15, -0.1) is 5.06 Å². The van der Waals surface area contributed by atoms with E-state index in [1.807, 2.05) is 11.1 Å². The largest absolute Gasteiger partial charge is 0.368 e. The fourth-order valence-electron chi connectivity index (χ4n) is 2.34. The van der Waals surface area contributed by atoms with Gasteiger partial charge in [-0.3, -0.25) is 9.69 Å². The Bertz CT molecular complexity index is 423. The summed E-state index contributed by atoms with van der Waals surface area (Å²) in [6, 6.07) is 10.5. The van der Waals surface area contributed by atoms with Crippen LogP contribution < -0.4 is 0 Å². The highest BCUT2D eigenvalue weighted by Crippen LogP contribution is 2.30. The summed E-state index contributed by atoms with van der Waals surface area (Å²) in [6.07, 6.45) is 2.01. The molecule has 4 heteroatoms. The van der Waals surface area contributed by atoms with Crippen LogP contribution in [0, 0.1) is 5.92 Å². The van der Waals surface area contributed by atoms with Crippen molar-refractivity contribution in [3.63, 3.8) is 0 Å². The summed E-state index contributed by atoms with van der Waals surface area (Å²) in [4.78, 5) is 19.3. The molecule has 102 valence electrons. The van der Waals surface area contributed by atoms with E-state index >= 15 is 0 Å². The number of nitrogens with zero attached hydrogens (tertiary/aromatic N) is 2. The molecule has 1 heterocycles. The van der Waals surface area contributed by atoms with Crippen LogP contribution in [-0.4, -0.2) is 42.1 Å². The van der Waals surface area contributed by atoms with E-state index in [9.17, 15) is 4.79 Å². The number of carbonyl (C=O) groups excluding carboxylic acids is 1. The molecule has 0 aromatic heterocycles. The highest BCUT2D eigenvalue weighted by atomic mass is 16.7. The second kappa shape index (κ2) is 5.72. The van der Waals surface area contributed by atoms with Crippen LogP contribution in [0.1, 0.15) is 18.4 Å². The van der Waals surface area contributed by atoms with Crippen LogP contribution in [0.15, 0.2) is 30.3 Å². The van der Waals surface area contributed by atoms with Gasteiger partial charge in [0.1, 0.15) is 0 Å². The van der Waals surface area contributed by atoms with Crippen molar-refractivity contribution in [2.45, 2.75) is 19.4 Å². The van der Waals surface area contributed by atoms with Gasteiger partial charge >= 0.3 is 5.97 Å². The van der Waals surface area contributed by atoms with Gasteiger partial charge < -0.3 is 4.84 Å². The van der Waals surface area contributed by atoms with Gasteiger partial charge in [-0.2, -0.15) is 0 Å². The number of hydrogen-bond acceptors (Lipinski definition) is 4. The van der Waals surface area contributed by atoms with Crippen molar-refractivity contribution in [1.29, 1.82) is 0 Å². The van der Waals surface area contributed by atoms with Crippen molar-refractivity contribution in [2.75, 3.05) is 26.2 Å². The highest BCUT2D eigenvalue weighted by molar-refractivity contribution is 5.74. The van der Waals surface area contributed by atoms with E-state index in [1.165, 1.54) is 5.56 Å². The summed E-state index contributed by atoms with van der Waals surface area (Å²) in [5.41, 5.74) is 1.34. The van der Waals surface area contributed by atoms with E-state index in [1.54, 1.807) is 0 Å². The number of hydroxylamine groups is 2. The molecular formula is C15H20N2O2. The van der Waals surface area contributed by atoms with Crippen LogP contribution in [-0.2, 0) is 16.2 Å². The lowest BCUT2D eigenvalue weighted by Gasteiger charge is -2.33. The second-order valence-corrected chi connectivity index (χ2v) is 5.38. The van der Waals surface area contributed by atoms with Crippen LogP contribution >= 0.6 is 0 Å². The number of piperazine rings is 1. The molecule has 0 bridgehead atoms. The SMILES string of the molecule is O=C(ON1CCN(Cc2ccccc2)CC1)C1CC1. The fourth-order valence-corrected chi connectivity index (χ4v) is 2.34. The summed E-state index contributed by atoms with van der Waals surface area (Å²) < 4.78 is 0. The normalized spacial score (nSPS) is 21.3. The van der Waals surface area contributed by atoms with Crippen molar-refractivity contribution >= 4 is 5.97 Å². The van der Waals surface area contributed by atoms with Crippen LogP contribution in [0.25, 0.3) is 0 Å². The molecule has 1 aromatic carbocycles. The lowest BCUT2D eigenvalue weighted by molar-refractivity contribution is -0.199. The molecule has 2 fully saturated rings. The maximum atomic E-state index is 11.6. The Hall–Kier alpha value is -1.39. The molecule has 1 aromatic rings. The number of rotatable bonds is 4. The maximum Gasteiger partial charge on any atom is 0.328 e. The quantitative estimate of drug-likeness (QED) is 0.824. The molecule has 0 unspecified atom stereocenters. The summed E-state index contributed by atoms with van der Waals surface area (Å²) in [5, 5.41) is 1.82.